The van der Waals surface area contributed by atoms with Crippen LogP contribution in [0.3, 0.4) is 0 Å². The van der Waals surface area contributed by atoms with Gasteiger partial charge in [-0.05, 0) is 45.9 Å². The van der Waals surface area contributed by atoms with Gasteiger partial charge >= 0.3 is 5.97 Å². The van der Waals surface area contributed by atoms with E-state index in [1.54, 1.807) is 42.5 Å². The smallest absolute Gasteiger partial charge is 0.325 e. The molecule has 7 heteroatoms. The van der Waals surface area contributed by atoms with Gasteiger partial charge in [-0.3, -0.25) is 14.4 Å². The molecule has 1 aliphatic carbocycles. The van der Waals surface area contributed by atoms with Crippen molar-refractivity contribution in [2.75, 3.05) is 11.9 Å². The molecule has 1 saturated heterocycles. The summed E-state index contributed by atoms with van der Waals surface area (Å²) in [6, 6.07) is 11.7. The fraction of sp³-hybridized carbons (Fsp3) is 0.400. The molecule has 0 radical (unpaired) electrons. The van der Waals surface area contributed by atoms with Crippen molar-refractivity contribution in [2.45, 2.75) is 57.7 Å². The van der Waals surface area contributed by atoms with E-state index in [-0.39, 0.29) is 24.2 Å². The molecule has 2 N–H and O–H groups in total. The molecule has 0 amide bonds. The third-order valence-corrected chi connectivity index (χ3v) is 6.26. The van der Waals surface area contributed by atoms with E-state index in [0.29, 0.717) is 40.8 Å². The Labute approximate surface area is 187 Å². The number of hydroxylamine groups is 2. The number of esters is 1. The van der Waals surface area contributed by atoms with Crippen molar-refractivity contribution in [2.24, 2.45) is 0 Å². The zero-order chi connectivity index (χ0) is 23.3. The average Bonchev–Trinajstić information content (AvgIpc) is 2.74. The molecule has 1 aliphatic heterocycles. The molecular weight excluding hydrogens is 408 g/mol. The Bertz CT molecular complexity index is 1090. The number of rotatable bonds is 4. The number of carbonyl (C=O) groups is 3. The minimum Gasteiger partial charge on any atom is -0.461 e. The van der Waals surface area contributed by atoms with Gasteiger partial charge in [0.05, 0.1) is 0 Å². The predicted molar refractivity (Wildman–Crippen MR) is 119 cm³/mol. The molecule has 7 nitrogen and oxygen atoms in total. The molecule has 32 heavy (non-hydrogen) atoms. The highest BCUT2D eigenvalue weighted by atomic mass is 16.5. The lowest BCUT2D eigenvalue weighted by atomic mass is 9.80. The van der Waals surface area contributed by atoms with Gasteiger partial charge in [0.2, 0.25) is 0 Å². The van der Waals surface area contributed by atoms with E-state index in [1.165, 1.54) is 5.06 Å². The summed E-state index contributed by atoms with van der Waals surface area (Å²) in [4.78, 5) is 38.0. The minimum absolute atomic E-state index is 0.0717. The number of nitrogens with zero attached hydrogens (tertiary/aromatic N) is 1. The molecule has 1 fully saturated rings. The average molecular weight is 437 g/mol. The Morgan fingerprint density at radius 3 is 2.09 bits per heavy atom. The molecule has 0 bridgehead atoms. The Hall–Kier alpha value is -3.03. The molecule has 0 atom stereocenters. The topological polar surface area (TPSA) is 95.9 Å². The first-order chi connectivity index (χ1) is 15.0. The Morgan fingerprint density at radius 2 is 1.50 bits per heavy atom. The summed E-state index contributed by atoms with van der Waals surface area (Å²) >= 11 is 0. The maximum absolute atomic E-state index is 12.9. The molecule has 2 aromatic carbocycles. The van der Waals surface area contributed by atoms with Crippen LogP contribution in [0.5, 0.6) is 0 Å². The minimum atomic E-state index is -0.512. The molecule has 0 aromatic heterocycles. The van der Waals surface area contributed by atoms with E-state index in [4.69, 9.17) is 4.74 Å². The van der Waals surface area contributed by atoms with Gasteiger partial charge in [-0.1, -0.05) is 24.3 Å². The van der Waals surface area contributed by atoms with E-state index in [0.717, 1.165) is 0 Å². The highest BCUT2D eigenvalue weighted by Crippen LogP contribution is 2.38. The van der Waals surface area contributed by atoms with Gasteiger partial charge in [0, 0.05) is 51.9 Å². The van der Waals surface area contributed by atoms with E-state index >= 15 is 0 Å². The quantitative estimate of drug-likeness (QED) is 0.600. The van der Waals surface area contributed by atoms with Crippen molar-refractivity contribution in [1.29, 1.82) is 0 Å². The molecule has 2 aromatic rings. The molecular formula is C25H28N2O5. The summed E-state index contributed by atoms with van der Waals surface area (Å²) in [6.45, 7) is 7.58. The highest BCUT2D eigenvalue weighted by molar-refractivity contribution is 6.28. The van der Waals surface area contributed by atoms with Gasteiger partial charge in [-0.25, -0.2) is 0 Å². The lowest BCUT2D eigenvalue weighted by Crippen LogP contribution is -2.60. The van der Waals surface area contributed by atoms with Crippen molar-refractivity contribution in [1.82, 2.24) is 5.06 Å². The molecule has 0 saturated carbocycles. The van der Waals surface area contributed by atoms with E-state index < -0.39 is 17.0 Å². The number of ketones is 2. The number of fused-ring (bicyclic) bond motifs is 2. The number of hydrogen-bond acceptors (Lipinski definition) is 7. The number of anilines is 1. The SMILES string of the molecule is CC1(C)CC(OC(=O)CNc2ccc3c(c2)C(=O)c2ccccc2C3=O)CC(C)(C)N1O. The Kier molecular flexibility index (Phi) is 5.43. The number of hydrogen-bond donors (Lipinski definition) is 2. The van der Waals surface area contributed by atoms with Gasteiger partial charge in [-0.2, -0.15) is 5.06 Å². The van der Waals surface area contributed by atoms with Gasteiger partial charge in [0.15, 0.2) is 11.6 Å². The lowest BCUT2D eigenvalue weighted by molar-refractivity contribution is -0.259. The summed E-state index contributed by atoms with van der Waals surface area (Å²) in [5.41, 5.74) is 1.03. The highest BCUT2D eigenvalue weighted by Gasteiger charge is 2.46. The van der Waals surface area contributed by atoms with Crippen LogP contribution in [0.1, 0.15) is 72.4 Å². The first-order valence-corrected chi connectivity index (χ1v) is 10.7. The van der Waals surface area contributed by atoms with Crippen molar-refractivity contribution < 1.29 is 24.3 Å². The van der Waals surface area contributed by atoms with Crippen LogP contribution in [0.15, 0.2) is 42.5 Å². The van der Waals surface area contributed by atoms with Crippen molar-refractivity contribution in [3.8, 4) is 0 Å². The number of benzene rings is 2. The largest absolute Gasteiger partial charge is 0.461 e. The van der Waals surface area contributed by atoms with Crippen LogP contribution in [-0.4, -0.2) is 51.5 Å². The lowest BCUT2D eigenvalue weighted by Gasteiger charge is -2.50. The number of nitrogens with one attached hydrogen (secondary N) is 1. The molecule has 4 rings (SSSR count). The first-order valence-electron chi connectivity index (χ1n) is 10.7. The molecule has 0 spiro atoms. The molecule has 168 valence electrons. The second-order valence-corrected chi connectivity index (χ2v) is 9.77. The summed E-state index contributed by atoms with van der Waals surface area (Å²) < 4.78 is 5.67. The van der Waals surface area contributed by atoms with E-state index in [1.807, 2.05) is 27.7 Å². The summed E-state index contributed by atoms with van der Waals surface area (Å²) in [7, 11) is 0. The zero-order valence-corrected chi connectivity index (χ0v) is 18.8. The summed E-state index contributed by atoms with van der Waals surface area (Å²) in [6.07, 6.45) is 0.734. The van der Waals surface area contributed by atoms with Crippen LogP contribution in [0.4, 0.5) is 5.69 Å². The standard InChI is InChI=1S/C25H28N2O5/c1-24(2)12-16(13-25(3,4)27(24)31)32-21(28)14-26-15-9-10-19-20(11-15)23(30)18-8-6-5-7-17(18)22(19)29/h5-11,16,26,31H,12-14H2,1-4H3. The first kappa shape index (κ1) is 22.2. The van der Waals surface area contributed by atoms with Gasteiger partial charge < -0.3 is 15.3 Å². The van der Waals surface area contributed by atoms with Gasteiger partial charge in [-0.15, -0.1) is 0 Å². The molecule has 1 heterocycles. The third kappa shape index (κ3) is 3.94. The summed E-state index contributed by atoms with van der Waals surface area (Å²) in [5, 5.41) is 14.7. The zero-order valence-electron chi connectivity index (χ0n) is 18.8. The van der Waals surface area contributed by atoms with Crippen LogP contribution >= 0.6 is 0 Å². The van der Waals surface area contributed by atoms with Crippen LogP contribution in [0.25, 0.3) is 0 Å². The second-order valence-electron chi connectivity index (χ2n) is 9.77. The normalized spacial score (nSPS) is 19.8. The molecule has 0 unspecified atom stereocenters. The Morgan fingerprint density at radius 1 is 0.969 bits per heavy atom. The third-order valence-electron chi connectivity index (χ3n) is 6.26. The maximum atomic E-state index is 12.9. The van der Waals surface area contributed by atoms with E-state index in [2.05, 4.69) is 5.32 Å². The number of piperidine rings is 1. The monoisotopic (exact) mass is 436 g/mol. The molecule has 2 aliphatic rings. The van der Waals surface area contributed by atoms with Crippen molar-refractivity contribution >= 4 is 23.2 Å². The van der Waals surface area contributed by atoms with Crippen molar-refractivity contribution in [3.63, 3.8) is 0 Å². The van der Waals surface area contributed by atoms with E-state index in [9.17, 15) is 19.6 Å². The second kappa shape index (κ2) is 7.83. The number of ether oxygens (including phenoxy) is 1. The van der Waals surface area contributed by atoms with Gasteiger partial charge in [0.25, 0.3) is 0 Å². The van der Waals surface area contributed by atoms with Crippen LogP contribution in [0, 0.1) is 0 Å². The Balaban J connectivity index is 1.42. The fourth-order valence-electron chi connectivity index (χ4n) is 4.87. The predicted octanol–water partition coefficient (Wildman–Crippen LogP) is 3.83. The summed E-state index contributed by atoms with van der Waals surface area (Å²) in [5.74, 6) is -0.804. The van der Waals surface area contributed by atoms with Crippen LogP contribution in [-0.2, 0) is 9.53 Å². The van der Waals surface area contributed by atoms with Gasteiger partial charge in [0.1, 0.15) is 12.6 Å². The van der Waals surface area contributed by atoms with Crippen molar-refractivity contribution in [3.05, 3.63) is 64.7 Å². The van der Waals surface area contributed by atoms with Crippen LogP contribution in [0.2, 0.25) is 0 Å². The fourth-order valence-corrected chi connectivity index (χ4v) is 4.87. The van der Waals surface area contributed by atoms with Crippen LogP contribution < -0.4 is 5.32 Å². The maximum Gasteiger partial charge on any atom is 0.325 e. The number of carbonyl (C=O) groups excluding carboxylic acids is 3.